The smallest absolute Gasteiger partial charge is 0.292 e. The molecule has 0 aromatic rings. The van der Waals surface area contributed by atoms with E-state index in [1.165, 1.54) is 12.7 Å². The second kappa shape index (κ2) is 14.8. The van der Waals surface area contributed by atoms with Gasteiger partial charge in [0, 0.05) is 13.0 Å². The summed E-state index contributed by atoms with van der Waals surface area (Å²) in [5.41, 5.74) is 2.43. The number of fused-ring (bicyclic) bond motifs is 1. The van der Waals surface area contributed by atoms with Gasteiger partial charge in [-0.15, -0.1) is 0 Å². The van der Waals surface area contributed by atoms with Gasteiger partial charge in [0.2, 0.25) is 0 Å². The van der Waals surface area contributed by atoms with Crippen LogP contribution in [-0.2, 0) is 14.3 Å². The number of ether oxygens (including phenoxy) is 2. The van der Waals surface area contributed by atoms with Gasteiger partial charge in [0.15, 0.2) is 0 Å². The summed E-state index contributed by atoms with van der Waals surface area (Å²) in [4.78, 5) is 8.95. The highest BCUT2D eigenvalue weighted by Crippen LogP contribution is 2.37. The van der Waals surface area contributed by atoms with Gasteiger partial charge in [-0.1, -0.05) is 33.9 Å². The predicted octanol–water partition coefficient (Wildman–Crippen LogP) is 2.72. The summed E-state index contributed by atoms with van der Waals surface area (Å²) < 4.78 is 9.51. The van der Waals surface area contributed by atoms with Crippen LogP contribution in [0.4, 0.5) is 0 Å². The van der Waals surface area contributed by atoms with Gasteiger partial charge in [-0.2, -0.15) is 0 Å². The lowest BCUT2D eigenvalue weighted by Crippen LogP contribution is -2.35. The minimum Gasteiger partial charge on any atom is -0.471 e. The zero-order valence-corrected chi connectivity index (χ0v) is 12.7. The van der Waals surface area contributed by atoms with Crippen LogP contribution in [0.15, 0.2) is 23.3 Å². The first-order valence-electron chi connectivity index (χ1n) is 6.72. The topological polar surface area (TPSA) is 76.0 Å². The van der Waals surface area contributed by atoms with Gasteiger partial charge >= 0.3 is 0 Å². The molecule has 3 unspecified atom stereocenters. The Morgan fingerprint density at radius 1 is 1.41 bits per heavy atom. The van der Waals surface area contributed by atoms with E-state index in [4.69, 9.17) is 14.6 Å². The normalized spacial score (nSPS) is 26.5. The van der Waals surface area contributed by atoms with Crippen LogP contribution in [0, 0.1) is 5.92 Å². The standard InChI is InChI=1S/C12H18O2.C2H4O2.CH4O.2CH4/c1-3-4-9-7-14-12-10(9)6-5-8(2)11(12)13;1-4-2-3;1-2;;/h4-5,10-13H,3,6-7H2,1-2H3;2H,1H3;2H,1H3;2*1H4/b9-4+;;;;. The lowest BCUT2D eigenvalue weighted by molar-refractivity contribution is -0.126. The van der Waals surface area contributed by atoms with Gasteiger partial charge in [0.25, 0.3) is 6.47 Å². The van der Waals surface area contributed by atoms with Crippen molar-refractivity contribution >= 4 is 6.47 Å². The highest BCUT2D eigenvalue weighted by Gasteiger charge is 2.39. The summed E-state index contributed by atoms with van der Waals surface area (Å²) in [6.07, 6.45) is 6.09. The van der Waals surface area contributed by atoms with Crippen LogP contribution in [0.25, 0.3) is 0 Å². The molecule has 1 fully saturated rings. The van der Waals surface area contributed by atoms with Crippen LogP contribution < -0.4 is 0 Å². The maximum Gasteiger partial charge on any atom is 0.292 e. The lowest BCUT2D eigenvalue weighted by atomic mass is 9.82. The minimum absolute atomic E-state index is 0. The second-order valence-electron chi connectivity index (χ2n) is 4.53. The van der Waals surface area contributed by atoms with E-state index < -0.39 is 6.10 Å². The van der Waals surface area contributed by atoms with Crippen molar-refractivity contribution in [3.05, 3.63) is 23.3 Å². The number of aliphatic hydroxyl groups excluding tert-OH is 2. The molecule has 1 aliphatic heterocycles. The molecule has 0 amide bonds. The van der Waals surface area contributed by atoms with Crippen LogP contribution in [0.5, 0.6) is 0 Å². The Hall–Kier alpha value is -1.17. The predicted molar refractivity (Wildman–Crippen MR) is 90.7 cm³/mol. The second-order valence-corrected chi connectivity index (χ2v) is 4.53. The van der Waals surface area contributed by atoms with Crippen LogP contribution in [-0.4, -0.2) is 49.7 Å². The first-order valence-corrected chi connectivity index (χ1v) is 6.72. The number of allylic oxidation sites excluding steroid dienone is 2. The molecule has 3 atom stereocenters. The molecule has 0 radical (unpaired) electrons. The molecule has 0 bridgehead atoms. The van der Waals surface area contributed by atoms with Crippen molar-refractivity contribution in [1.29, 1.82) is 0 Å². The van der Waals surface area contributed by atoms with E-state index >= 15 is 0 Å². The number of aliphatic hydroxyl groups is 2. The van der Waals surface area contributed by atoms with E-state index in [9.17, 15) is 5.11 Å². The number of methoxy groups -OCH3 is 1. The molecule has 0 aromatic heterocycles. The highest BCUT2D eigenvalue weighted by atomic mass is 16.5. The molecule has 0 aromatic carbocycles. The summed E-state index contributed by atoms with van der Waals surface area (Å²) >= 11 is 0. The van der Waals surface area contributed by atoms with Crippen molar-refractivity contribution in [1.82, 2.24) is 0 Å². The lowest BCUT2D eigenvalue weighted by Gasteiger charge is -2.28. The van der Waals surface area contributed by atoms with E-state index in [1.807, 2.05) is 6.92 Å². The Labute approximate surface area is 135 Å². The van der Waals surface area contributed by atoms with E-state index in [-0.39, 0.29) is 21.0 Å². The zero-order valence-electron chi connectivity index (χ0n) is 12.7. The summed E-state index contributed by atoms with van der Waals surface area (Å²) in [6.45, 7) is 5.20. The number of hydrogen-bond donors (Lipinski definition) is 2. The number of carbonyl (C=O) groups excluding carboxylic acids is 1. The van der Waals surface area contributed by atoms with Crippen LogP contribution >= 0.6 is 0 Å². The Morgan fingerprint density at radius 2 is 1.95 bits per heavy atom. The van der Waals surface area contributed by atoms with Crippen molar-refractivity contribution in [3.8, 4) is 0 Å². The molecular formula is C17H34O5. The quantitative estimate of drug-likeness (QED) is 0.605. The monoisotopic (exact) mass is 318 g/mol. The molecule has 5 nitrogen and oxygen atoms in total. The Balaban J connectivity index is -0.000000397. The summed E-state index contributed by atoms with van der Waals surface area (Å²) in [5, 5.41) is 16.9. The summed E-state index contributed by atoms with van der Waals surface area (Å²) in [6, 6.07) is 0. The molecule has 0 saturated carbocycles. The van der Waals surface area contributed by atoms with Gasteiger partial charge in [0.1, 0.15) is 6.10 Å². The number of carbonyl (C=O) groups is 1. The van der Waals surface area contributed by atoms with Crippen molar-refractivity contribution in [2.24, 2.45) is 5.92 Å². The minimum atomic E-state index is -0.392. The third-order valence-electron chi connectivity index (χ3n) is 3.35. The first kappa shape index (κ1) is 25.8. The fourth-order valence-corrected chi connectivity index (χ4v) is 2.39. The molecule has 1 aliphatic carbocycles. The van der Waals surface area contributed by atoms with Gasteiger partial charge in [-0.05, 0) is 30.9 Å². The maximum absolute atomic E-state index is 9.91. The average molecular weight is 318 g/mol. The number of hydrogen-bond acceptors (Lipinski definition) is 5. The molecule has 2 rings (SSSR count). The average Bonchev–Trinajstić information content (AvgIpc) is 2.90. The zero-order chi connectivity index (χ0) is 15.5. The summed E-state index contributed by atoms with van der Waals surface area (Å²) in [5.74, 6) is 0.425. The molecule has 1 heterocycles. The molecule has 1 saturated heterocycles. The Bertz CT molecular complexity index is 336. The maximum atomic E-state index is 9.91. The molecule has 2 N–H and O–H groups in total. The molecule has 0 spiro atoms. The van der Waals surface area contributed by atoms with Gasteiger partial charge in [0.05, 0.1) is 19.8 Å². The van der Waals surface area contributed by atoms with Crippen LogP contribution in [0.2, 0.25) is 0 Å². The first-order chi connectivity index (χ1) is 9.65. The van der Waals surface area contributed by atoms with Crippen LogP contribution in [0.3, 0.4) is 0 Å². The molecule has 5 heteroatoms. The van der Waals surface area contributed by atoms with Crippen LogP contribution in [0.1, 0.15) is 41.5 Å². The van der Waals surface area contributed by atoms with E-state index in [2.05, 4.69) is 23.8 Å². The van der Waals surface area contributed by atoms with Crippen molar-refractivity contribution in [2.75, 3.05) is 20.8 Å². The Kier molecular flexibility index (Phi) is 17.3. The van der Waals surface area contributed by atoms with E-state index in [0.29, 0.717) is 19.0 Å². The van der Waals surface area contributed by atoms with E-state index in [0.717, 1.165) is 25.5 Å². The van der Waals surface area contributed by atoms with E-state index in [1.54, 1.807) is 0 Å². The van der Waals surface area contributed by atoms with Crippen molar-refractivity contribution < 1.29 is 24.5 Å². The fraction of sp³-hybridized carbons (Fsp3) is 0.706. The molecule has 2 aliphatic rings. The Morgan fingerprint density at radius 3 is 2.41 bits per heavy atom. The SMILES string of the molecule is C.C.CC/C=C1\COC2C(O)C(C)=CCC12.CO.COC=O. The fourth-order valence-electron chi connectivity index (χ4n) is 2.39. The van der Waals surface area contributed by atoms with Crippen molar-refractivity contribution in [2.45, 2.75) is 53.8 Å². The third kappa shape index (κ3) is 7.20. The van der Waals surface area contributed by atoms with Gasteiger partial charge < -0.3 is 19.7 Å². The number of rotatable bonds is 2. The molecular weight excluding hydrogens is 284 g/mol. The van der Waals surface area contributed by atoms with Gasteiger partial charge in [-0.3, -0.25) is 4.79 Å². The third-order valence-corrected chi connectivity index (χ3v) is 3.35. The highest BCUT2D eigenvalue weighted by molar-refractivity contribution is 5.36. The van der Waals surface area contributed by atoms with Gasteiger partial charge in [-0.25, -0.2) is 0 Å². The molecule has 22 heavy (non-hydrogen) atoms. The summed E-state index contributed by atoms with van der Waals surface area (Å²) in [7, 11) is 2.31. The van der Waals surface area contributed by atoms with Crippen molar-refractivity contribution in [3.63, 3.8) is 0 Å². The largest absolute Gasteiger partial charge is 0.471 e. The molecule has 132 valence electrons.